The van der Waals surface area contributed by atoms with Crippen LogP contribution < -0.4 is 5.73 Å². The van der Waals surface area contributed by atoms with Crippen molar-refractivity contribution in [1.29, 1.82) is 0 Å². The molecule has 0 bridgehead atoms. The molecule has 1 heterocycles. The van der Waals surface area contributed by atoms with E-state index in [0.717, 1.165) is 0 Å². The molecular weight excluding hydrogens is 150 g/mol. The summed E-state index contributed by atoms with van der Waals surface area (Å²) in [5.41, 5.74) is 5.39. The Bertz CT molecular complexity index is 216. The second kappa shape index (κ2) is 3.21. The van der Waals surface area contributed by atoms with Gasteiger partial charge in [-0.1, -0.05) is 11.8 Å². The van der Waals surface area contributed by atoms with Crippen LogP contribution in [0.2, 0.25) is 0 Å². The number of thioether (sulfide) groups is 1. The van der Waals surface area contributed by atoms with E-state index in [1.165, 1.54) is 18.1 Å². The molecule has 1 aromatic heterocycles. The molecule has 0 aliphatic heterocycles. The van der Waals surface area contributed by atoms with E-state index in [0.29, 0.717) is 11.1 Å². The van der Waals surface area contributed by atoms with E-state index >= 15 is 0 Å². The highest BCUT2D eigenvalue weighted by Gasteiger charge is 1.91. The lowest BCUT2D eigenvalue weighted by atomic mass is 11.0. The summed E-state index contributed by atoms with van der Waals surface area (Å²) in [4.78, 5) is 7.62. The monoisotopic (exact) mass is 157 g/mol. The lowest BCUT2D eigenvalue weighted by Gasteiger charge is -1.88. The Morgan fingerprint density at radius 1 is 1.90 bits per heavy atom. The number of aliphatic imine (C=N–C) groups is 1. The number of nitrogens with two attached hydrogens (primary N) is 1. The Morgan fingerprint density at radius 3 is 3.20 bits per heavy atom. The predicted octanol–water partition coefficient (Wildman–Crippen LogP) is 0.114. The highest BCUT2D eigenvalue weighted by molar-refractivity contribution is 8.13. The molecule has 0 spiro atoms. The van der Waals surface area contributed by atoms with Crippen molar-refractivity contribution >= 4 is 22.9 Å². The lowest BCUT2D eigenvalue weighted by Crippen LogP contribution is -2.04. The summed E-state index contributed by atoms with van der Waals surface area (Å²) in [6.07, 6.45) is 3.22. The normalized spacial score (nSPS) is 11.9. The third-order valence-corrected chi connectivity index (χ3v) is 1.34. The maximum Gasteiger partial charge on any atom is 0.247 e. The van der Waals surface area contributed by atoms with Crippen LogP contribution in [0.4, 0.5) is 5.95 Å². The van der Waals surface area contributed by atoms with Gasteiger partial charge in [-0.15, -0.1) is 0 Å². The molecule has 1 aromatic rings. The van der Waals surface area contributed by atoms with Crippen LogP contribution in [0.15, 0.2) is 11.3 Å². The van der Waals surface area contributed by atoms with Crippen molar-refractivity contribution in [2.45, 2.75) is 0 Å². The van der Waals surface area contributed by atoms with Gasteiger partial charge < -0.3 is 5.73 Å². The summed E-state index contributed by atoms with van der Waals surface area (Å²) in [6, 6.07) is 0. The number of nitrogens with zero attached hydrogens (tertiary/aromatic N) is 3. The molecule has 0 aliphatic carbocycles. The minimum atomic E-state index is 0.437. The molecule has 3 N–H and O–H groups in total. The topological polar surface area (TPSA) is 79.9 Å². The summed E-state index contributed by atoms with van der Waals surface area (Å²) >= 11 is 1.36. The summed E-state index contributed by atoms with van der Waals surface area (Å²) in [5, 5.41) is 6.63. The van der Waals surface area contributed by atoms with Crippen LogP contribution in [0, 0.1) is 0 Å². The number of nitrogens with one attached hydrogen (secondary N) is 1. The highest BCUT2D eigenvalue weighted by atomic mass is 32.2. The zero-order valence-corrected chi connectivity index (χ0v) is 6.22. The molecule has 0 aromatic carbocycles. The van der Waals surface area contributed by atoms with Crippen LogP contribution in [-0.4, -0.2) is 26.6 Å². The Labute approximate surface area is 62.1 Å². The number of aromatic amines is 1. The third kappa shape index (κ3) is 1.73. The van der Waals surface area contributed by atoms with Crippen molar-refractivity contribution in [3.63, 3.8) is 0 Å². The molecule has 0 unspecified atom stereocenters. The molecule has 0 amide bonds. The Hall–Kier alpha value is -1.04. The van der Waals surface area contributed by atoms with Crippen LogP contribution in [-0.2, 0) is 0 Å². The fourth-order valence-electron chi connectivity index (χ4n) is 0.403. The average molecular weight is 157 g/mol. The van der Waals surface area contributed by atoms with Crippen LogP contribution in [0.5, 0.6) is 0 Å². The van der Waals surface area contributed by atoms with Gasteiger partial charge in [-0.25, -0.2) is 5.10 Å². The van der Waals surface area contributed by atoms with Crippen molar-refractivity contribution < 1.29 is 0 Å². The summed E-state index contributed by atoms with van der Waals surface area (Å²) in [5.74, 6) is 0.437. The standard InChI is InChI=1S/C4H7N5S/c1-10-3(5)8-4-6-2-7-9-4/h2H,1H3,(H3,5,6,7,8,9). The van der Waals surface area contributed by atoms with Crippen molar-refractivity contribution in [2.24, 2.45) is 10.7 Å². The van der Waals surface area contributed by atoms with E-state index in [1.807, 2.05) is 6.26 Å². The van der Waals surface area contributed by atoms with E-state index in [1.54, 1.807) is 0 Å². The molecule has 0 saturated carbocycles. The average Bonchev–Trinajstić information content (AvgIpc) is 2.40. The van der Waals surface area contributed by atoms with Crippen LogP contribution >= 0.6 is 11.8 Å². The second-order valence-corrected chi connectivity index (χ2v) is 2.29. The van der Waals surface area contributed by atoms with E-state index < -0.39 is 0 Å². The van der Waals surface area contributed by atoms with E-state index in [4.69, 9.17) is 5.73 Å². The van der Waals surface area contributed by atoms with Gasteiger partial charge in [0.25, 0.3) is 0 Å². The fourth-order valence-corrected chi connectivity index (χ4v) is 0.581. The minimum Gasteiger partial charge on any atom is -0.378 e. The van der Waals surface area contributed by atoms with Gasteiger partial charge in [-0.3, -0.25) is 0 Å². The zero-order valence-electron chi connectivity index (χ0n) is 5.40. The number of hydrogen-bond acceptors (Lipinski definition) is 4. The quantitative estimate of drug-likeness (QED) is 0.448. The molecule has 0 aliphatic rings. The van der Waals surface area contributed by atoms with Gasteiger partial charge in [0.2, 0.25) is 5.95 Å². The van der Waals surface area contributed by atoms with Gasteiger partial charge in [-0.05, 0) is 6.26 Å². The summed E-state index contributed by atoms with van der Waals surface area (Å²) < 4.78 is 0. The molecule has 10 heavy (non-hydrogen) atoms. The summed E-state index contributed by atoms with van der Waals surface area (Å²) in [6.45, 7) is 0. The Kier molecular flexibility index (Phi) is 2.27. The van der Waals surface area contributed by atoms with Crippen molar-refractivity contribution in [3.05, 3.63) is 6.33 Å². The molecule has 0 atom stereocenters. The number of aromatic nitrogens is 3. The van der Waals surface area contributed by atoms with E-state index in [2.05, 4.69) is 20.2 Å². The molecule has 54 valence electrons. The first-order chi connectivity index (χ1) is 4.83. The number of hydrogen-bond donors (Lipinski definition) is 2. The van der Waals surface area contributed by atoms with Crippen molar-refractivity contribution in [1.82, 2.24) is 15.2 Å². The molecule has 0 fully saturated rings. The van der Waals surface area contributed by atoms with Gasteiger partial charge in [0.1, 0.15) is 6.33 Å². The Morgan fingerprint density at radius 2 is 2.70 bits per heavy atom. The van der Waals surface area contributed by atoms with E-state index in [-0.39, 0.29) is 0 Å². The number of amidine groups is 1. The largest absolute Gasteiger partial charge is 0.378 e. The molecular formula is C4H7N5S. The van der Waals surface area contributed by atoms with E-state index in [9.17, 15) is 0 Å². The SMILES string of the molecule is CSC(N)=Nc1ncn[nH]1. The fraction of sp³-hybridized carbons (Fsp3) is 0.250. The van der Waals surface area contributed by atoms with Crippen LogP contribution in [0.1, 0.15) is 0 Å². The zero-order chi connectivity index (χ0) is 7.40. The van der Waals surface area contributed by atoms with Gasteiger partial charge in [-0.2, -0.15) is 15.1 Å². The second-order valence-electron chi connectivity index (χ2n) is 1.46. The number of rotatable bonds is 1. The van der Waals surface area contributed by atoms with Crippen molar-refractivity contribution in [2.75, 3.05) is 6.26 Å². The third-order valence-electron chi connectivity index (χ3n) is 0.828. The van der Waals surface area contributed by atoms with Crippen molar-refractivity contribution in [3.8, 4) is 0 Å². The van der Waals surface area contributed by atoms with Gasteiger partial charge >= 0.3 is 0 Å². The Balaban J connectivity index is 2.71. The first-order valence-electron chi connectivity index (χ1n) is 2.56. The highest BCUT2D eigenvalue weighted by Crippen LogP contribution is 2.01. The first kappa shape index (κ1) is 7.07. The van der Waals surface area contributed by atoms with Gasteiger partial charge in [0.15, 0.2) is 5.17 Å². The molecule has 0 saturated heterocycles. The molecule has 1 rings (SSSR count). The van der Waals surface area contributed by atoms with Gasteiger partial charge in [0.05, 0.1) is 0 Å². The van der Waals surface area contributed by atoms with Crippen LogP contribution in [0.25, 0.3) is 0 Å². The maximum absolute atomic E-state index is 5.39. The lowest BCUT2D eigenvalue weighted by molar-refractivity contribution is 1.08. The van der Waals surface area contributed by atoms with Gasteiger partial charge in [0, 0.05) is 0 Å². The maximum atomic E-state index is 5.39. The smallest absolute Gasteiger partial charge is 0.247 e. The minimum absolute atomic E-state index is 0.437. The molecule has 5 nitrogen and oxygen atoms in total. The predicted molar refractivity (Wildman–Crippen MR) is 41.2 cm³/mol. The number of H-pyrrole nitrogens is 1. The molecule has 6 heteroatoms. The summed E-state index contributed by atoms with van der Waals surface area (Å²) in [7, 11) is 0. The first-order valence-corrected chi connectivity index (χ1v) is 3.79. The van der Waals surface area contributed by atoms with Crippen LogP contribution in [0.3, 0.4) is 0 Å². The molecule has 0 radical (unpaired) electrons.